The molecule has 1 fully saturated rings. The third kappa shape index (κ3) is 3.55. The van der Waals surface area contributed by atoms with E-state index in [1.54, 1.807) is 12.1 Å². The molecule has 0 unspecified atom stereocenters. The van der Waals surface area contributed by atoms with Crippen LogP contribution >= 0.6 is 0 Å². The van der Waals surface area contributed by atoms with E-state index in [1.165, 1.54) is 6.07 Å². The van der Waals surface area contributed by atoms with Gasteiger partial charge in [-0.2, -0.15) is 0 Å². The van der Waals surface area contributed by atoms with Crippen molar-refractivity contribution in [1.29, 1.82) is 0 Å². The molecule has 1 aromatic carbocycles. The Bertz CT molecular complexity index is 527. The van der Waals surface area contributed by atoms with Gasteiger partial charge in [0.05, 0.1) is 6.54 Å². The van der Waals surface area contributed by atoms with Crippen LogP contribution in [0.3, 0.4) is 0 Å². The number of carbonyl (C=O) groups excluding carboxylic acids is 1. The number of carbonyl (C=O) groups is 1. The van der Waals surface area contributed by atoms with Crippen LogP contribution in [0.2, 0.25) is 0 Å². The maximum absolute atomic E-state index is 13.6. The number of benzene rings is 1. The van der Waals surface area contributed by atoms with Crippen LogP contribution in [0.5, 0.6) is 0 Å². The van der Waals surface area contributed by atoms with Gasteiger partial charge < -0.3 is 11.1 Å². The third-order valence-electron chi connectivity index (χ3n) is 3.31. The molecule has 1 saturated carbocycles. The monoisotopic (exact) mass is 260 g/mol. The zero-order valence-electron chi connectivity index (χ0n) is 10.7. The minimum absolute atomic E-state index is 0.0177. The molecular formula is C15H17FN2O. The first-order valence-electron chi connectivity index (χ1n) is 6.46. The summed E-state index contributed by atoms with van der Waals surface area (Å²) in [6.07, 6.45) is 2.99. The largest absolute Gasteiger partial charge is 0.352 e. The van der Waals surface area contributed by atoms with Crippen molar-refractivity contribution in [3.63, 3.8) is 0 Å². The molecule has 3 N–H and O–H groups in total. The quantitative estimate of drug-likeness (QED) is 0.810. The van der Waals surface area contributed by atoms with Crippen LogP contribution in [0.25, 0.3) is 0 Å². The van der Waals surface area contributed by atoms with Crippen LogP contribution in [0.1, 0.15) is 30.4 Å². The first kappa shape index (κ1) is 13.6. The molecule has 1 amide bonds. The number of hydrogen-bond donors (Lipinski definition) is 2. The van der Waals surface area contributed by atoms with Crippen molar-refractivity contribution in [2.75, 3.05) is 6.54 Å². The van der Waals surface area contributed by atoms with Crippen LogP contribution < -0.4 is 11.1 Å². The van der Waals surface area contributed by atoms with Crippen LogP contribution in [0.4, 0.5) is 4.39 Å². The second-order valence-corrected chi connectivity index (χ2v) is 4.66. The molecule has 0 aliphatic heterocycles. The zero-order valence-corrected chi connectivity index (χ0v) is 10.7. The van der Waals surface area contributed by atoms with E-state index in [1.807, 2.05) is 0 Å². The molecule has 0 radical (unpaired) electrons. The molecule has 0 spiro atoms. The Balaban J connectivity index is 2.00. The maximum atomic E-state index is 13.6. The summed E-state index contributed by atoms with van der Waals surface area (Å²) in [5.41, 5.74) is 6.46. The minimum Gasteiger partial charge on any atom is -0.352 e. The highest BCUT2D eigenvalue weighted by Crippen LogP contribution is 2.26. The Morgan fingerprint density at radius 1 is 1.47 bits per heavy atom. The topological polar surface area (TPSA) is 55.1 Å². The number of amides is 1. The summed E-state index contributed by atoms with van der Waals surface area (Å²) in [6, 6.07) is 4.62. The van der Waals surface area contributed by atoms with Crippen LogP contribution in [0.15, 0.2) is 18.2 Å². The fraction of sp³-hybridized carbons (Fsp3) is 0.400. The highest BCUT2D eigenvalue weighted by Gasteiger charge is 2.24. The summed E-state index contributed by atoms with van der Waals surface area (Å²) in [5, 5.41) is 2.77. The third-order valence-corrected chi connectivity index (χ3v) is 3.31. The zero-order chi connectivity index (χ0) is 13.7. The van der Waals surface area contributed by atoms with E-state index < -0.39 is 0 Å². The van der Waals surface area contributed by atoms with Crippen molar-refractivity contribution < 1.29 is 9.18 Å². The summed E-state index contributed by atoms with van der Waals surface area (Å²) in [7, 11) is 0. The van der Waals surface area contributed by atoms with Crippen molar-refractivity contribution >= 4 is 5.91 Å². The van der Waals surface area contributed by atoms with Crippen LogP contribution in [-0.2, 0) is 11.3 Å². The lowest BCUT2D eigenvalue weighted by Gasteiger charge is -2.24. The van der Waals surface area contributed by atoms with Crippen molar-refractivity contribution in [3.8, 4) is 11.8 Å². The molecule has 4 heteroatoms. The van der Waals surface area contributed by atoms with Gasteiger partial charge in [0, 0.05) is 23.6 Å². The Morgan fingerprint density at radius 2 is 2.26 bits per heavy atom. The first-order chi connectivity index (χ1) is 9.20. The number of rotatable bonds is 3. The van der Waals surface area contributed by atoms with E-state index >= 15 is 0 Å². The van der Waals surface area contributed by atoms with E-state index in [0.717, 1.165) is 19.3 Å². The molecule has 0 aromatic heterocycles. The van der Waals surface area contributed by atoms with Gasteiger partial charge in [-0.1, -0.05) is 18.3 Å². The molecule has 3 nitrogen and oxygen atoms in total. The van der Waals surface area contributed by atoms with E-state index in [4.69, 9.17) is 5.73 Å². The lowest BCUT2D eigenvalue weighted by atomic mass is 9.85. The smallest absolute Gasteiger partial charge is 0.223 e. The summed E-state index contributed by atoms with van der Waals surface area (Å²) >= 11 is 0. The van der Waals surface area contributed by atoms with Crippen molar-refractivity contribution in [3.05, 3.63) is 35.1 Å². The highest BCUT2D eigenvalue weighted by molar-refractivity contribution is 5.79. The Hall–Kier alpha value is -1.86. The lowest BCUT2D eigenvalue weighted by Crippen LogP contribution is -2.34. The van der Waals surface area contributed by atoms with Gasteiger partial charge in [-0.15, -0.1) is 0 Å². The maximum Gasteiger partial charge on any atom is 0.223 e. The second kappa shape index (κ2) is 6.35. The minimum atomic E-state index is -0.327. The average molecular weight is 260 g/mol. The Labute approximate surface area is 112 Å². The van der Waals surface area contributed by atoms with Gasteiger partial charge in [-0.05, 0) is 31.0 Å². The Morgan fingerprint density at radius 3 is 2.89 bits per heavy atom. The average Bonchev–Trinajstić information content (AvgIpc) is 2.34. The van der Waals surface area contributed by atoms with Gasteiger partial charge in [0.25, 0.3) is 0 Å². The van der Waals surface area contributed by atoms with E-state index in [0.29, 0.717) is 11.1 Å². The Kier molecular flexibility index (Phi) is 4.53. The van der Waals surface area contributed by atoms with E-state index in [9.17, 15) is 9.18 Å². The normalized spacial score (nSPS) is 14.2. The standard InChI is InChI=1S/C15H17FN2O/c16-14-7-6-11(3-2-8-17)9-13(14)10-18-15(19)12-4-1-5-12/h6-7,9,12H,1,4-5,8,10,17H2,(H,18,19). The number of nitrogens with two attached hydrogens (primary N) is 1. The summed E-state index contributed by atoms with van der Waals surface area (Å²) in [6.45, 7) is 0.477. The van der Waals surface area contributed by atoms with Gasteiger partial charge in [0.15, 0.2) is 0 Å². The molecular weight excluding hydrogens is 243 g/mol. The van der Waals surface area contributed by atoms with Crippen molar-refractivity contribution in [1.82, 2.24) is 5.32 Å². The van der Waals surface area contributed by atoms with Gasteiger partial charge in [-0.3, -0.25) is 4.79 Å². The molecule has 1 aromatic rings. The van der Waals surface area contributed by atoms with Gasteiger partial charge in [-0.25, -0.2) is 4.39 Å². The van der Waals surface area contributed by atoms with Crippen LogP contribution in [-0.4, -0.2) is 12.5 Å². The summed E-state index contributed by atoms with van der Waals surface area (Å²) in [4.78, 5) is 11.7. The summed E-state index contributed by atoms with van der Waals surface area (Å²) < 4.78 is 13.6. The number of nitrogens with one attached hydrogen (secondary N) is 1. The second-order valence-electron chi connectivity index (χ2n) is 4.66. The molecule has 1 aliphatic rings. The molecule has 0 saturated heterocycles. The molecule has 2 rings (SSSR count). The molecule has 0 heterocycles. The predicted molar refractivity (Wildman–Crippen MR) is 71.5 cm³/mol. The fourth-order valence-corrected chi connectivity index (χ4v) is 1.94. The highest BCUT2D eigenvalue weighted by atomic mass is 19.1. The SMILES string of the molecule is NCC#Cc1ccc(F)c(CNC(=O)C2CCC2)c1. The molecule has 0 atom stereocenters. The van der Waals surface area contributed by atoms with Crippen LogP contribution in [0, 0.1) is 23.6 Å². The van der Waals surface area contributed by atoms with E-state index in [-0.39, 0.29) is 30.7 Å². The molecule has 100 valence electrons. The summed E-state index contributed by atoms with van der Waals surface area (Å²) in [5.74, 6) is 5.38. The van der Waals surface area contributed by atoms with Gasteiger partial charge in [0.2, 0.25) is 5.91 Å². The predicted octanol–water partition coefficient (Wildman–Crippen LogP) is 1.55. The lowest BCUT2D eigenvalue weighted by molar-refractivity contribution is -0.127. The number of hydrogen-bond acceptors (Lipinski definition) is 2. The number of halogens is 1. The van der Waals surface area contributed by atoms with Crippen molar-refractivity contribution in [2.45, 2.75) is 25.8 Å². The molecule has 1 aliphatic carbocycles. The van der Waals surface area contributed by atoms with Gasteiger partial charge >= 0.3 is 0 Å². The first-order valence-corrected chi connectivity index (χ1v) is 6.46. The molecule has 19 heavy (non-hydrogen) atoms. The van der Waals surface area contributed by atoms with Crippen molar-refractivity contribution in [2.24, 2.45) is 11.7 Å². The fourth-order valence-electron chi connectivity index (χ4n) is 1.94. The molecule has 0 bridgehead atoms. The van der Waals surface area contributed by atoms with Gasteiger partial charge in [0.1, 0.15) is 5.82 Å². The van der Waals surface area contributed by atoms with E-state index in [2.05, 4.69) is 17.2 Å².